The van der Waals surface area contributed by atoms with E-state index in [-0.39, 0.29) is 30.1 Å². The van der Waals surface area contributed by atoms with Crippen LogP contribution >= 0.6 is 11.8 Å². The number of rotatable bonds is 41. The zero-order valence-electron chi connectivity index (χ0n) is 38.7. The molecule has 1 aromatic heterocycles. The molecule has 360 valence electrons. The van der Waals surface area contributed by atoms with Crippen LogP contribution in [0, 0.1) is 0 Å². The number of carbonyl (C=O) groups excluding carboxylic acids is 3. The normalized spacial score (nSPS) is 18.5. The number of ether oxygens (including phenoxy) is 3. The van der Waals surface area contributed by atoms with Crippen molar-refractivity contribution in [3.8, 4) is 0 Å². The standard InChI is InChI=1S/C47H87N5O9S/c1-3-5-7-9-11-13-15-17-19-21-23-25-27-29-31-42(54)59-35-38(60-43(55)32-30-28-26-24-22-20-18-16-14-12-10-8-6-4-2)36-62-37-39(48)46(58)49-41-33-52(51-50-41)47-45(57)44(56)40(34-53)61-47/h33,38-40,44-45,47,53,56-57H,3-32,34-37,48H2,1-2H3,(H,49,58)/t38?,39?,40?,44-,45-,47+/m1/s1. The number of nitrogens with zero attached hydrogens (tertiary/aromatic N) is 3. The van der Waals surface area contributed by atoms with Gasteiger partial charge in [-0.25, -0.2) is 4.68 Å². The van der Waals surface area contributed by atoms with Crippen LogP contribution in [0.25, 0.3) is 0 Å². The van der Waals surface area contributed by atoms with Crippen LogP contribution in [0.15, 0.2) is 6.20 Å². The van der Waals surface area contributed by atoms with Gasteiger partial charge in [-0.3, -0.25) is 14.4 Å². The highest BCUT2D eigenvalue weighted by Crippen LogP contribution is 2.29. The SMILES string of the molecule is CCCCCCCCCCCCCCCCC(=O)OCC(CSCC(N)C(=O)Nc1cn([C@H]2OC(CO)[C@@H](O)[C@H]2O)nn1)OC(=O)CCCCCCCCCCCCCCCC. The Hall–Kier alpha value is -2.30. The van der Waals surface area contributed by atoms with Gasteiger partial charge in [-0.05, 0) is 12.8 Å². The van der Waals surface area contributed by atoms with E-state index in [1.165, 1.54) is 159 Å². The molecule has 0 saturated carbocycles. The third-order valence-electron chi connectivity index (χ3n) is 11.7. The van der Waals surface area contributed by atoms with Crippen LogP contribution in [0.5, 0.6) is 0 Å². The number of aliphatic hydroxyl groups excluding tert-OH is 3. The number of aliphatic hydroxyl groups is 3. The van der Waals surface area contributed by atoms with Crippen molar-refractivity contribution in [2.75, 3.05) is 30.0 Å². The Morgan fingerprint density at radius 3 is 1.61 bits per heavy atom. The molecule has 2 rings (SSSR count). The Labute approximate surface area is 378 Å². The zero-order chi connectivity index (χ0) is 45.0. The van der Waals surface area contributed by atoms with E-state index >= 15 is 0 Å². The van der Waals surface area contributed by atoms with Crippen LogP contribution in [0.4, 0.5) is 5.82 Å². The summed E-state index contributed by atoms with van der Waals surface area (Å²) < 4.78 is 18.0. The van der Waals surface area contributed by atoms with Gasteiger partial charge in [-0.15, -0.1) is 5.10 Å². The molecule has 0 spiro atoms. The van der Waals surface area contributed by atoms with Gasteiger partial charge in [0.2, 0.25) is 5.91 Å². The van der Waals surface area contributed by atoms with E-state index in [1.807, 2.05) is 0 Å². The molecular formula is C47H87N5O9S. The topological polar surface area (TPSA) is 208 Å². The van der Waals surface area contributed by atoms with E-state index < -0.39 is 49.2 Å². The molecule has 3 unspecified atom stereocenters. The van der Waals surface area contributed by atoms with E-state index in [4.69, 9.17) is 19.9 Å². The summed E-state index contributed by atoms with van der Waals surface area (Å²) in [5.41, 5.74) is 6.18. The predicted molar refractivity (Wildman–Crippen MR) is 248 cm³/mol. The van der Waals surface area contributed by atoms with Gasteiger partial charge < -0.3 is 40.6 Å². The molecule has 2 heterocycles. The Kier molecular flexibility index (Phi) is 33.3. The van der Waals surface area contributed by atoms with Crippen LogP contribution in [-0.2, 0) is 28.6 Å². The lowest BCUT2D eigenvalue weighted by Crippen LogP contribution is -2.38. The largest absolute Gasteiger partial charge is 0.462 e. The monoisotopic (exact) mass is 898 g/mol. The fraction of sp³-hybridized carbons (Fsp3) is 0.894. The Morgan fingerprint density at radius 1 is 0.710 bits per heavy atom. The predicted octanol–water partition coefficient (Wildman–Crippen LogP) is 9.09. The van der Waals surface area contributed by atoms with Gasteiger partial charge in [-0.2, -0.15) is 11.8 Å². The molecule has 6 atom stereocenters. The van der Waals surface area contributed by atoms with E-state index in [2.05, 4.69) is 29.5 Å². The second kappa shape index (κ2) is 37.0. The number of nitrogens with one attached hydrogen (secondary N) is 1. The third kappa shape index (κ3) is 26.5. The molecule has 62 heavy (non-hydrogen) atoms. The van der Waals surface area contributed by atoms with Crippen molar-refractivity contribution in [1.82, 2.24) is 15.0 Å². The molecule has 0 aliphatic carbocycles. The summed E-state index contributed by atoms with van der Waals surface area (Å²) >= 11 is 1.32. The second-order valence-electron chi connectivity index (χ2n) is 17.4. The van der Waals surface area contributed by atoms with E-state index in [9.17, 15) is 29.7 Å². The second-order valence-corrected chi connectivity index (χ2v) is 18.5. The average Bonchev–Trinajstić information content (AvgIpc) is 3.84. The number of esters is 2. The maximum Gasteiger partial charge on any atom is 0.306 e. The number of thioether (sulfide) groups is 1. The van der Waals surface area contributed by atoms with Crippen molar-refractivity contribution in [1.29, 1.82) is 0 Å². The number of anilines is 1. The molecule has 0 aromatic carbocycles. The molecular weight excluding hydrogens is 811 g/mol. The van der Waals surface area contributed by atoms with E-state index in [1.54, 1.807) is 0 Å². The van der Waals surface area contributed by atoms with Gasteiger partial charge in [0.25, 0.3) is 0 Å². The minimum atomic E-state index is -1.35. The maximum atomic E-state index is 12.9. The third-order valence-corrected chi connectivity index (χ3v) is 12.9. The Bertz CT molecular complexity index is 1280. The summed E-state index contributed by atoms with van der Waals surface area (Å²) in [4.78, 5) is 38.4. The van der Waals surface area contributed by atoms with Gasteiger partial charge in [-0.1, -0.05) is 186 Å². The Balaban J connectivity index is 1.70. The Morgan fingerprint density at radius 2 is 1.16 bits per heavy atom. The smallest absolute Gasteiger partial charge is 0.306 e. The number of amides is 1. The van der Waals surface area contributed by atoms with Crippen LogP contribution in [0.3, 0.4) is 0 Å². The fourth-order valence-corrected chi connectivity index (χ4v) is 8.69. The molecule has 1 fully saturated rings. The molecule has 6 N–H and O–H groups in total. The lowest BCUT2D eigenvalue weighted by Gasteiger charge is -2.19. The molecule has 1 aliphatic rings. The summed E-state index contributed by atoms with van der Waals surface area (Å²) in [6, 6.07) is -0.950. The minimum absolute atomic E-state index is 0.0552. The molecule has 15 heteroatoms. The molecule has 0 bridgehead atoms. The maximum absolute atomic E-state index is 12.9. The molecule has 1 saturated heterocycles. The molecule has 0 radical (unpaired) electrons. The summed E-state index contributed by atoms with van der Waals surface area (Å²) in [5, 5.41) is 40.0. The summed E-state index contributed by atoms with van der Waals surface area (Å²) in [6.45, 7) is 3.97. The summed E-state index contributed by atoms with van der Waals surface area (Å²) in [5.74, 6) is -0.612. The van der Waals surface area contributed by atoms with Crippen LogP contribution in [0.1, 0.15) is 213 Å². The number of unbranched alkanes of at least 4 members (excludes halogenated alkanes) is 26. The highest BCUT2D eigenvalue weighted by Gasteiger charge is 2.44. The van der Waals surface area contributed by atoms with Crippen LogP contribution < -0.4 is 11.1 Å². The lowest BCUT2D eigenvalue weighted by atomic mass is 10.0. The van der Waals surface area contributed by atoms with Crippen molar-refractivity contribution in [2.45, 2.75) is 243 Å². The fourth-order valence-electron chi connectivity index (χ4n) is 7.72. The molecule has 1 aromatic rings. The molecule has 14 nitrogen and oxygen atoms in total. The lowest BCUT2D eigenvalue weighted by molar-refractivity contribution is -0.157. The van der Waals surface area contributed by atoms with Gasteiger partial charge >= 0.3 is 11.9 Å². The van der Waals surface area contributed by atoms with Crippen molar-refractivity contribution >= 4 is 35.4 Å². The minimum Gasteiger partial charge on any atom is -0.462 e. The summed E-state index contributed by atoms with van der Waals surface area (Å²) in [6.07, 6.45) is 31.2. The average molecular weight is 898 g/mol. The van der Waals surface area contributed by atoms with Gasteiger partial charge in [0, 0.05) is 24.3 Å². The van der Waals surface area contributed by atoms with Crippen LogP contribution in [-0.4, -0.2) is 103 Å². The molecule has 1 aliphatic heterocycles. The quantitative estimate of drug-likeness (QED) is 0.0307. The van der Waals surface area contributed by atoms with Gasteiger partial charge in [0.1, 0.15) is 31.0 Å². The van der Waals surface area contributed by atoms with Crippen LogP contribution in [0.2, 0.25) is 0 Å². The number of nitrogens with two attached hydrogens (primary N) is 1. The zero-order valence-corrected chi connectivity index (χ0v) is 39.5. The van der Waals surface area contributed by atoms with Crippen molar-refractivity contribution in [3.05, 3.63) is 6.20 Å². The first kappa shape index (κ1) is 55.8. The first-order valence-corrected chi connectivity index (χ1v) is 25.9. The highest BCUT2D eigenvalue weighted by molar-refractivity contribution is 7.99. The van der Waals surface area contributed by atoms with Crippen molar-refractivity contribution in [2.24, 2.45) is 5.73 Å². The number of carbonyl (C=O) groups is 3. The van der Waals surface area contributed by atoms with E-state index in [0.29, 0.717) is 18.6 Å². The van der Waals surface area contributed by atoms with Crippen molar-refractivity contribution < 1.29 is 43.9 Å². The first-order valence-electron chi connectivity index (χ1n) is 24.7. The number of hydrogen-bond donors (Lipinski definition) is 5. The van der Waals surface area contributed by atoms with Gasteiger partial charge in [0.05, 0.1) is 18.8 Å². The summed E-state index contributed by atoms with van der Waals surface area (Å²) in [7, 11) is 0. The first-order chi connectivity index (χ1) is 30.2. The highest BCUT2D eigenvalue weighted by atomic mass is 32.2. The molecule has 1 amide bonds. The van der Waals surface area contributed by atoms with Crippen molar-refractivity contribution in [3.63, 3.8) is 0 Å². The number of aromatic nitrogens is 3. The number of hydrogen-bond acceptors (Lipinski definition) is 13. The van der Waals surface area contributed by atoms with Gasteiger partial charge in [0.15, 0.2) is 12.0 Å². The van der Waals surface area contributed by atoms with E-state index in [0.717, 1.165) is 43.2 Å².